The fourth-order valence-corrected chi connectivity index (χ4v) is 3.18. The van der Waals surface area contributed by atoms with Crippen molar-refractivity contribution >= 4 is 0 Å². The topological polar surface area (TPSA) is 35.2 Å². The highest BCUT2D eigenvalue weighted by molar-refractivity contribution is 5.64. The van der Waals surface area contributed by atoms with Crippen molar-refractivity contribution in [2.45, 2.75) is 33.1 Å². The number of aryl methyl sites for hydroxylation is 2. The summed E-state index contributed by atoms with van der Waals surface area (Å²) >= 11 is 0. The molecule has 1 unspecified atom stereocenters. The van der Waals surface area contributed by atoms with E-state index in [1.807, 2.05) is 12.2 Å². The molecule has 26 heavy (non-hydrogen) atoms. The van der Waals surface area contributed by atoms with E-state index in [4.69, 9.17) is 10.7 Å². The van der Waals surface area contributed by atoms with Crippen LogP contribution in [0, 0.1) is 5.92 Å². The Bertz CT molecular complexity index is 810. The fourth-order valence-electron chi connectivity index (χ4n) is 3.18. The number of allylic oxidation sites excluding steroid dienone is 5. The van der Waals surface area contributed by atoms with Gasteiger partial charge in [-0.05, 0) is 65.2 Å². The second-order valence-corrected chi connectivity index (χ2v) is 6.87. The van der Waals surface area contributed by atoms with Crippen molar-refractivity contribution < 1.29 is 4.84 Å². The lowest BCUT2D eigenvalue weighted by atomic mass is 9.99. The highest BCUT2D eigenvalue weighted by Gasteiger charge is 2.06. The van der Waals surface area contributed by atoms with Gasteiger partial charge in [-0.2, -0.15) is 5.90 Å². The molecule has 0 heterocycles. The van der Waals surface area contributed by atoms with E-state index >= 15 is 0 Å². The zero-order valence-electron chi connectivity index (χ0n) is 15.6. The van der Waals surface area contributed by atoms with Crippen LogP contribution in [0.1, 0.15) is 31.4 Å². The van der Waals surface area contributed by atoms with Gasteiger partial charge in [-0.15, -0.1) is 0 Å². The van der Waals surface area contributed by atoms with Gasteiger partial charge in [0, 0.05) is 0 Å². The Labute approximate surface area is 156 Å². The summed E-state index contributed by atoms with van der Waals surface area (Å²) in [6.07, 6.45) is 11.5. The summed E-state index contributed by atoms with van der Waals surface area (Å²) in [6.45, 7) is 4.31. The SMILES string of the molecule is CCc1ccc(-c2ccc(CCC3=CC(ON)=CC(C)C=C3)cc2)cc1. The Morgan fingerprint density at radius 2 is 1.50 bits per heavy atom. The first-order valence-electron chi connectivity index (χ1n) is 9.33. The summed E-state index contributed by atoms with van der Waals surface area (Å²) in [4.78, 5) is 4.95. The van der Waals surface area contributed by atoms with Gasteiger partial charge in [-0.3, -0.25) is 0 Å². The van der Waals surface area contributed by atoms with Crippen LogP contribution in [0.3, 0.4) is 0 Å². The normalized spacial score (nSPS) is 16.7. The molecule has 0 aliphatic heterocycles. The van der Waals surface area contributed by atoms with E-state index < -0.39 is 0 Å². The van der Waals surface area contributed by atoms with Crippen LogP contribution in [-0.2, 0) is 17.7 Å². The average Bonchev–Trinajstić information content (AvgIpc) is 2.88. The summed E-state index contributed by atoms with van der Waals surface area (Å²) < 4.78 is 0. The van der Waals surface area contributed by atoms with Gasteiger partial charge in [-0.25, -0.2) is 0 Å². The summed E-state index contributed by atoms with van der Waals surface area (Å²) in [7, 11) is 0. The largest absolute Gasteiger partial charge is 0.412 e. The molecule has 0 radical (unpaired) electrons. The second-order valence-electron chi connectivity index (χ2n) is 6.87. The molecule has 2 aromatic carbocycles. The number of hydrogen-bond acceptors (Lipinski definition) is 2. The van der Waals surface area contributed by atoms with Gasteiger partial charge in [-0.1, -0.05) is 74.5 Å². The summed E-state index contributed by atoms with van der Waals surface area (Å²) in [5.41, 5.74) is 6.49. The predicted molar refractivity (Wildman–Crippen MR) is 109 cm³/mol. The highest BCUT2D eigenvalue weighted by Crippen LogP contribution is 2.23. The number of benzene rings is 2. The standard InChI is InChI=1S/C24H27NO/c1-3-19-8-12-22(13-9-19)23-14-10-20(11-15-23)6-7-21-5-4-18(2)16-24(17-21)26-25/h4-5,8-18H,3,6-7,25H2,1-2H3. The molecule has 0 saturated heterocycles. The number of nitrogens with two attached hydrogens (primary N) is 1. The maximum absolute atomic E-state index is 5.35. The maximum atomic E-state index is 5.35. The van der Waals surface area contributed by atoms with E-state index in [1.54, 1.807) is 0 Å². The molecule has 1 aliphatic rings. The minimum absolute atomic E-state index is 0.334. The minimum Gasteiger partial charge on any atom is -0.412 e. The van der Waals surface area contributed by atoms with E-state index in [-0.39, 0.29) is 0 Å². The molecular weight excluding hydrogens is 318 g/mol. The van der Waals surface area contributed by atoms with Gasteiger partial charge in [0.1, 0.15) is 5.76 Å². The molecule has 0 saturated carbocycles. The van der Waals surface area contributed by atoms with Gasteiger partial charge in [0.15, 0.2) is 0 Å². The molecule has 0 aromatic heterocycles. The van der Waals surface area contributed by atoms with Crippen molar-refractivity contribution in [3.8, 4) is 11.1 Å². The second kappa shape index (κ2) is 8.68. The van der Waals surface area contributed by atoms with Crippen LogP contribution in [0.15, 0.2) is 84.2 Å². The Hall–Kier alpha value is -2.58. The number of rotatable bonds is 6. The zero-order valence-corrected chi connectivity index (χ0v) is 15.6. The molecule has 1 atom stereocenters. The van der Waals surface area contributed by atoms with Crippen LogP contribution in [0.25, 0.3) is 11.1 Å². The van der Waals surface area contributed by atoms with Gasteiger partial charge in [0.05, 0.1) is 0 Å². The molecule has 2 N–H and O–H groups in total. The van der Waals surface area contributed by atoms with E-state index in [0.29, 0.717) is 5.92 Å². The quantitative estimate of drug-likeness (QED) is 0.676. The summed E-state index contributed by atoms with van der Waals surface area (Å²) in [6, 6.07) is 17.7. The van der Waals surface area contributed by atoms with Crippen LogP contribution in [0.5, 0.6) is 0 Å². The van der Waals surface area contributed by atoms with Crippen molar-refractivity contribution in [1.82, 2.24) is 0 Å². The van der Waals surface area contributed by atoms with Crippen LogP contribution in [-0.4, -0.2) is 0 Å². The molecule has 0 fully saturated rings. The molecule has 134 valence electrons. The van der Waals surface area contributed by atoms with Crippen molar-refractivity contribution in [2.75, 3.05) is 0 Å². The van der Waals surface area contributed by atoms with Gasteiger partial charge < -0.3 is 4.84 Å². The molecule has 0 amide bonds. The third-order valence-electron chi connectivity index (χ3n) is 4.86. The van der Waals surface area contributed by atoms with E-state index in [9.17, 15) is 0 Å². The van der Waals surface area contributed by atoms with E-state index in [2.05, 4.69) is 74.5 Å². The lowest BCUT2D eigenvalue weighted by molar-refractivity contribution is 0.231. The van der Waals surface area contributed by atoms with Crippen molar-refractivity contribution in [2.24, 2.45) is 11.8 Å². The minimum atomic E-state index is 0.334. The Balaban J connectivity index is 1.65. The Morgan fingerprint density at radius 3 is 2.08 bits per heavy atom. The summed E-state index contributed by atoms with van der Waals surface area (Å²) in [5.74, 6) is 6.43. The van der Waals surface area contributed by atoms with E-state index in [1.165, 1.54) is 27.8 Å². The molecule has 2 heteroatoms. The van der Waals surface area contributed by atoms with Gasteiger partial charge in [0.25, 0.3) is 0 Å². The Kier molecular flexibility index (Phi) is 6.08. The molecule has 1 aliphatic carbocycles. The first-order valence-corrected chi connectivity index (χ1v) is 9.33. The average molecular weight is 345 g/mol. The molecule has 2 nitrogen and oxygen atoms in total. The van der Waals surface area contributed by atoms with Crippen molar-refractivity contribution in [1.29, 1.82) is 0 Å². The predicted octanol–water partition coefficient (Wildman–Crippen LogP) is 5.76. The van der Waals surface area contributed by atoms with Crippen molar-refractivity contribution in [3.63, 3.8) is 0 Å². The first kappa shape index (κ1) is 18.2. The smallest absolute Gasteiger partial charge is 0.143 e. The number of hydrogen-bond donors (Lipinski definition) is 1. The third kappa shape index (κ3) is 4.74. The molecular formula is C24H27NO. The zero-order chi connectivity index (χ0) is 18.4. The maximum Gasteiger partial charge on any atom is 0.143 e. The van der Waals surface area contributed by atoms with Crippen LogP contribution in [0.4, 0.5) is 0 Å². The van der Waals surface area contributed by atoms with Crippen LogP contribution < -0.4 is 5.90 Å². The molecule has 0 bridgehead atoms. The summed E-state index contributed by atoms with van der Waals surface area (Å²) in [5, 5.41) is 0. The Morgan fingerprint density at radius 1 is 0.885 bits per heavy atom. The molecule has 2 aromatic rings. The highest BCUT2D eigenvalue weighted by atomic mass is 16.6. The van der Waals surface area contributed by atoms with E-state index in [0.717, 1.165) is 25.0 Å². The molecule has 0 spiro atoms. The fraction of sp³-hybridized carbons (Fsp3) is 0.250. The van der Waals surface area contributed by atoms with Gasteiger partial charge >= 0.3 is 0 Å². The van der Waals surface area contributed by atoms with Gasteiger partial charge in [0.2, 0.25) is 0 Å². The first-order chi connectivity index (χ1) is 12.7. The lowest BCUT2D eigenvalue weighted by Crippen LogP contribution is -1.98. The third-order valence-corrected chi connectivity index (χ3v) is 4.86. The van der Waals surface area contributed by atoms with Crippen LogP contribution in [0.2, 0.25) is 0 Å². The lowest BCUT2D eigenvalue weighted by Gasteiger charge is -2.07. The molecule has 3 rings (SSSR count). The van der Waals surface area contributed by atoms with Crippen LogP contribution >= 0.6 is 0 Å². The monoisotopic (exact) mass is 345 g/mol. The van der Waals surface area contributed by atoms with Crippen molar-refractivity contribution in [3.05, 3.63) is 95.3 Å².